The van der Waals surface area contributed by atoms with Gasteiger partial charge < -0.3 is 15.1 Å². The van der Waals surface area contributed by atoms with Crippen molar-refractivity contribution >= 4 is 11.8 Å². The summed E-state index contributed by atoms with van der Waals surface area (Å²) in [4.78, 5) is 27.7. The number of nitrogens with one attached hydrogen (secondary N) is 1. The topological polar surface area (TPSA) is 52.7 Å². The van der Waals surface area contributed by atoms with E-state index >= 15 is 0 Å². The second-order valence-electron chi connectivity index (χ2n) is 6.33. The number of amides is 2. The number of likely N-dealkylation sites (N-methyl/N-ethyl adjacent to an activating group) is 1. The lowest BCUT2D eigenvalue weighted by atomic mass is 10.0. The molecular weight excluding hydrogens is 278 g/mol. The number of benzene rings is 1. The summed E-state index contributed by atoms with van der Waals surface area (Å²) in [6.45, 7) is 1.29. The summed E-state index contributed by atoms with van der Waals surface area (Å²) in [7, 11) is 5.74. The molecular formula is C17H25N3O2. The average Bonchev–Trinajstić information content (AvgIpc) is 2.79. The first-order chi connectivity index (χ1) is 10.5. The van der Waals surface area contributed by atoms with E-state index in [1.54, 1.807) is 11.9 Å². The number of hydrogen-bond acceptors (Lipinski definition) is 3. The van der Waals surface area contributed by atoms with Crippen molar-refractivity contribution in [2.75, 3.05) is 34.2 Å². The van der Waals surface area contributed by atoms with Gasteiger partial charge in [-0.05, 0) is 26.1 Å². The molecule has 0 saturated carbocycles. The van der Waals surface area contributed by atoms with Gasteiger partial charge in [0.25, 0.3) is 0 Å². The van der Waals surface area contributed by atoms with Gasteiger partial charge in [-0.3, -0.25) is 9.59 Å². The standard InChI is InChI=1S/C17H25N3O2/c1-19(2)12-15(9-13-7-5-4-6-8-13)18-17(22)14-10-16(21)20(3)11-14/h4-8,14-15H,9-12H2,1-3H3,(H,18,22)/t14-,15+/m1/s1. The minimum Gasteiger partial charge on any atom is -0.351 e. The van der Waals surface area contributed by atoms with Crippen LogP contribution in [0.15, 0.2) is 30.3 Å². The number of carbonyl (C=O) groups excluding carboxylic acids is 2. The van der Waals surface area contributed by atoms with E-state index in [0.29, 0.717) is 13.0 Å². The third kappa shape index (κ3) is 4.56. The first kappa shape index (κ1) is 16.5. The van der Waals surface area contributed by atoms with E-state index in [1.165, 1.54) is 5.56 Å². The molecule has 1 aromatic rings. The zero-order chi connectivity index (χ0) is 16.1. The second-order valence-corrected chi connectivity index (χ2v) is 6.33. The monoisotopic (exact) mass is 303 g/mol. The fraction of sp³-hybridized carbons (Fsp3) is 0.529. The molecule has 0 aliphatic carbocycles. The van der Waals surface area contributed by atoms with Crippen molar-refractivity contribution in [3.63, 3.8) is 0 Å². The molecule has 0 unspecified atom stereocenters. The van der Waals surface area contributed by atoms with Crippen molar-refractivity contribution < 1.29 is 9.59 Å². The Morgan fingerprint density at radius 1 is 1.36 bits per heavy atom. The van der Waals surface area contributed by atoms with Crippen LogP contribution in [0.2, 0.25) is 0 Å². The van der Waals surface area contributed by atoms with Gasteiger partial charge in [0.2, 0.25) is 11.8 Å². The number of rotatable bonds is 6. The van der Waals surface area contributed by atoms with E-state index in [-0.39, 0.29) is 23.8 Å². The van der Waals surface area contributed by atoms with E-state index in [1.807, 2.05) is 32.3 Å². The van der Waals surface area contributed by atoms with Gasteiger partial charge in [-0.1, -0.05) is 30.3 Å². The van der Waals surface area contributed by atoms with Crippen LogP contribution in [-0.4, -0.2) is 61.9 Å². The van der Waals surface area contributed by atoms with Crippen LogP contribution in [0.25, 0.3) is 0 Å². The van der Waals surface area contributed by atoms with Crippen LogP contribution in [0, 0.1) is 5.92 Å². The molecule has 1 aliphatic heterocycles. The van der Waals surface area contributed by atoms with Gasteiger partial charge in [0.05, 0.1) is 5.92 Å². The first-order valence-corrected chi connectivity index (χ1v) is 7.68. The predicted molar refractivity (Wildman–Crippen MR) is 86.4 cm³/mol. The maximum atomic E-state index is 12.4. The molecule has 22 heavy (non-hydrogen) atoms. The quantitative estimate of drug-likeness (QED) is 0.844. The lowest BCUT2D eigenvalue weighted by molar-refractivity contribution is -0.128. The van der Waals surface area contributed by atoms with Gasteiger partial charge in [-0.25, -0.2) is 0 Å². The van der Waals surface area contributed by atoms with Crippen LogP contribution in [-0.2, 0) is 16.0 Å². The molecule has 2 amide bonds. The number of hydrogen-bond donors (Lipinski definition) is 1. The molecule has 2 rings (SSSR count). The van der Waals surface area contributed by atoms with Crippen LogP contribution in [0.4, 0.5) is 0 Å². The summed E-state index contributed by atoms with van der Waals surface area (Å²) >= 11 is 0. The minimum atomic E-state index is -0.224. The Bertz CT molecular complexity index is 516. The molecule has 5 heteroatoms. The molecule has 0 radical (unpaired) electrons. The summed E-state index contributed by atoms with van der Waals surface area (Å²) in [5.74, 6) is -0.189. The minimum absolute atomic E-state index is 0.0134. The van der Waals surface area contributed by atoms with Gasteiger partial charge in [0.1, 0.15) is 0 Å². The van der Waals surface area contributed by atoms with Gasteiger partial charge in [0, 0.05) is 32.6 Å². The zero-order valence-corrected chi connectivity index (χ0v) is 13.6. The number of likely N-dealkylation sites (tertiary alicyclic amines) is 1. The molecule has 1 aliphatic rings. The van der Waals surface area contributed by atoms with Crippen molar-refractivity contribution in [2.24, 2.45) is 5.92 Å². The largest absolute Gasteiger partial charge is 0.351 e. The van der Waals surface area contributed by atoms with Gasteiger partial charge >= 0.3 is 0 Å². The average molecular weight is 303 g/mol. The van der Waals surface area contributed by atoms with Crippen molar-refractivity contribution in [1.29, 1.82) is 0 Å². The van der Waals surface area contributed by atoms with E-state index in [2.05, 4.69) is 22.3 Å². The van der Waals surface area contributed by atoms with Crippen LogP contribution < -0.4 is 5.32 Å². The molecule has 1 fully saturated rings. The fourth-order valence-corrected chi connectivity index (χ4v) is 2.86. The number of carbonyl (C=O) groups is 2. The van der Waals surface area contributed by atoms with Crippen molar-refractivity contribution in [3.05, 3.63) is 35.9 Å². The highest BCUT2D eigenvalue weighted by Gasteiger charge is 2.32. The van der Waals surface area contributed by atoms with Gasteiger partial charge in [-0.2, -0.15) is 0 Å². The molecule has 0 aromatic heterocycles. The lowest BCUT2D eigenvalue weighted by Gasteiger charge is -2.24. The summed E-state index contributed by atoms with van der Waals surface area (Å²) < 4.78 is 0. The van der Waals surface area contributed by atoms with Crippen LogP contribution in [0.5, 0.6) is 0 Å². The fourth-order valence-electron chi connectivity index (χ4n) is 2.86. The Kier molecular flexibility index (Phi) is 5.55. The molecule has 1 heterocycles. The Hall–Kier alpha value is -1.88. The zero-order valence-electron chi connectivity index (χ0n) is 13.6. The highest BCUT2D eigenvalue weighted by atomic mass is 16.2. The molecule has 1 aromatic carbocycles. The van der Waals surface area contributed by atoms with Crippen molar-refractivity contribution in [2.45, 2.75) is 18.9 Å². The van der Waals surface area contributed by atoms with E-state index in [9.17, 15) is 9.59 Å². The first-order valence-electron chi connectivity index (χ1n) is 7.68. The smallest absolute Gasteiger partial charge is 0.225 e. The Morgan fingerprint density at radius 2 is 2.05 bits per heavy atom. The number of nitrogens with zero attached hydrogens (tertiary/aromatic N) is 2. The predicted octanol–water partition coefficient (Wildman–Crippen LogP) is 0.754. The summed E-state index contributed by atoms with van der Waals surface area (Å²) in [5, 5.41) is 3.12. The molecule has 1 saturated heterocycles. The normalized spacial score (nSPS) is 19.5. The molecule has 1 N–H and O–H groups in total. The van der Waals surface area contributed by atoms with E-state index in [0.717, 1.165) is 13.0 Å². The molecule has 0 spiro atoms. The molecule has 2 atom stereocenters. The van der Waals surface area contributed by atoms with Crippen molar-refractivity contribution in [3.8, 4) is 0 Å². The summed E-state index contributed by atoms with van der Waals surface area (Å²) in [6, 6.07) is 10.2. The Labute approximate surface area is 132 Å². The highest BCUT2D eigenvalue weighted by Crippen LogP contribution is 2.16. The summed E-state index contributed by atoms with van der Waals surface area (Å²) in [5.41, 5.74) is 1.20. The lowest BCUT2D eigenvalue weighted by Crippen LogP contribution is -2.45. The molecule has 120 valence electrons. The molecule has 5 nitrogen and oxygen atoms in total. The Balaban J connectivity index is 1.97. The highest BCUT2D eigenvalue weighted by molar-refractivity contribution is 5.89. The van der Waals surface area contributed by atoms with Gasteiger partial charge in [-0.15, -0.1) is 0 Å². The van der Waals surface area contributed by atoms with Crippen LogP contribution >= 0.6 is 0 Å². The maximum absolute atomic E-state index is 12.4. The second kappa shape index (κ2) is 7.40. The van der Waals surface area contributed by atoms with E-state index < -0.39 is 0 Å². The van der Waals surface area contributed by atoms with Crippen LogP contribution in [0.3, 0.4) is 0 Å². The Morgan fingerprint density at radius 3 is 2.59 bits per heavy atom. The van der Waals surface area contributed by atoms with Crippen LogP contribution in [0.1, 0.15) is 12.0 Å². The van der Waals surface area contributed by atoms with E-state index in [4.69, 9.17) is 0 Å². The SMILES string of the molecule is CN(C)C[C@H](Cc1ccccc1)NC(=O)[C@@H]1CC(=O)N(C)C1. The maximum Gasteiger partial charge on any atom is 0.225 e. The summed E-state index contributed by atoms with van der Waals surface area (Å²) in [6.07, 6.45) is 1.11. The van der Waals surface area contributed by atoms with Crippen molar-refractivity contribution in [1.82, 2.24) is 15.1 Å². The third-order valence-electron chi connectivity index (χ3n) is 3.97. The third-order valence-corrected chi connectivity index (χ3v) is 3.97. The van der Waals surface area contributed by atoms with Gasteiger partial charge in [0.15, 0.2) is 0 Å². The molecule has 0 bridgehead atoms.